The summed E-state index contributed by atoms with van der Waals surface area (Å²) in [6, 6.07) is 0. The smallest absolute Gasteiger partial charge is 0.346 e. The molecule has 0 bridgehead atoms. The second-order valence-corrected chi connectivity index (χ2v) is 5.54. The van der Waals surface area contributed by atoms with Gasteiger partial charge in [-0.15, -0.1) is 0 Å². The van der Waals surface area contributed by atoms with Crippen molar-refractivity contribution in [1.29, 1.82) is 0 Å². The van der Waals surface area contributed by atoms with Crippen molar-refractivity contribution >= 4 is 13.2 Å². The van der Waals surface area contributed by atoms with Gasteiger partial charge in [0.2, 0.25) is 0 Å². The summed E-state index contributed by atoms with van der Waals surface area (Å²) >= 11 is 0. The molecule has 0 saturated carbocycles. The molecule has 0 unspecified atom stereocenters. The van der Waals surface area contributed by atoms with E-state index >= 15 is 0 Å². The third-order valence-corrected chi connectivity index (χ3v) is 4.01. The molecule has 0 aliphatic heterocycles. The van der Waals surface area contributed by atoms with Gasteiger partial charge in [0, 0.05) is 6.54 Å². The maximum Gasteiger partial charge on any atom is 0.418 e. The van der Waals surface area contributed by atoms with Gasteiger partial charge in [-0.3, -0.25) is 4.79 Å². The summed E-state index contributed by atoms with van der Waals surface area (Å²) in [5.41, 5.74) is -0.627. The van der Waals surface area contributed by atoms with E-state index in [-0.39, 0.29) is 13.2 Å². The molecule has 0 aliphatic carbocycles. The van der Waals surface area contributed by atoms with Crippen molar-refractivity contribution in [3.05, 3.63) is 0 Å². The van der Waals surface area contributed by atoms with Crippen LogP contribution >= 0.6 is 7.60 Å². The summed E-state index contributed by atoms with van der Waals surface area (Å²) in [5, 5.41) is 2.60. The minimum absolute atomic E-state index is 0.195. The van der Waals surface area contributed by atoms with Crippen molar-refractivity contribution in [1.82, 2.24) is 5.32 Å². The van der Waals surface area contributed by atoms with Gasteiger partial charge in [-0.1, -0.05) is 26.2 Å². The van der Waals surface area contributed by atoms with Gasteiger partial charge in [-0.25, -0.2) is 4.57 Å². The lowest BCUT2D eigenvalue weighted by Gasteiger charge is -2.15. The molecule has 17 heavy (non-hydrogen) atoms. The largest absolute Gasteiger partial charge is 0.418 e. The Labute approximate surface area is 104 Å². The van der Waals surface area contributed by atoms with Crippen LogP contribution in [0.5, 0.6) is 0 Å². The molecule has 0 fully saturated rings. The number of amides is 1. The van der Waals surface area contributed by atoms with Crippen molar-refractivity contribution in [3.8, 4) is 0 Å². The second-order valence-electron chi connectivity index (χ2n) is 3.63. The zero-order chi connectivity index (χ0) is 13.1. The minimum Gasteiger partial charge on any atom is -0.346 e. The molecule has 0 aliphatic rings. The quantitative estimate of drug-likeness (QED) is 0.484. The highest BCUT2D eigenvalue weighted by atomic mass is 31.2. The predicted octanol–water partition coefficient (Wildman–Crippen LogP) is 3.54. The van der Waals surface area contributed by atoms with E-state index in [0.717, 1.165) is 25.7 Å². The van der Waals surface area contributed by atoms with E-state index < -0.39 is 13.2 Å². The molecule has 102 valence electrons. The first-order chi connectivity index (χ1) is 8.10. The SMILES string of the molecule is CCCCCCNC(=O)P(=O)(OCC)OCC. The fraction of sp³-hybridized carbons (Fsp3) is 0.909. The Morgan fingerprint density at radius 3 is 2.12 bits per heavy atom. The fourth-order valence-corrected chi connectivity index (χ4v) is 2.63. The zero-order valence-corrected chi connectivity index (χ0v) is 11.9. The van der Waals surface area contributed by atoms with Crippen molar-refractivity contribution in [2.45, 2.75) is 46.5 Å². The van der Waals surface area contributed by atoms with Crippen molar-refractivity contribution in [3.63, 3.8) is 0 Å². The standard InChI is InChI=1S/C11H24NO4P/c1-4-7-8-9-10-12-11(13)17(14,15-5-2)16-6-3/h4-10H2,1-3H3,(H,12,13). The lowest BCUT2D eigenvalue weighted by atomic mass is 10.2. The highest BCUT2D eigenvalue weighted by Crippen LogP contribution is 2.48. The van der Waals surface area contributed by atoms with E-state index in [4.69, 9.17) is 9.05 Å². The van der Waals surface area contributed by atoms with Crippen LogP contribution in [-0.2, 0) is 13.6 Å². The number of hydrogen-bond acceptors (Lipinski definition) is 4. The molecule has 0 heterocycles. The Morgan fingerprint density at radius 1 is 1.06 bits per heavy atom. The Kier molecular flexibility index (Phi) is 9.41. The second kappa shape index (κ2) is 9.63. The third kappa shape index (κ3) is 6.81. The van der Waals surface area contributed by atoms with Crippen molar-refractivity contribution in [2.24, 2.45) is 0 Å². The molecule has 0 rings (SSSR count). The predicted molar refractivity (Wildman–Crippen MR) is 68.4 cm³/mol. The summed E-state index contributed by atoms with van der Waals surface area (Å²) in [6.07, 6.45) is 4.23. The molecule has 0 atom stereocenters. The van der Waals surface area contributed by atoms with Gasteiger partial charge in [0.05, 0.1) is 13.2 Å². The van der Waals surface area contributed by atoms with Crippen LogP contribution in [0.3, 0.4) is 0 Å². The van der Waals surface area contributed by atoms with Crippen LogP contribution in [-0.4, -0.2) is 25.4 Å². The summed E-state index contributed by atoms with van der Waals surface area (Å²) < 4.78 is 21.8. The number of carbonyl (C=O) groups is 1. The molecule has 0 aromatic rings. The fourth-order valence-electron chi connectivity index (χ4n) is 1.34. The number of nitrogens with one attached hydrogen (secondary N) is 1. The molecule has 0 aromatic carbocycles. The molecular formula is C11H24NO4P. The summed E-state index contributed by atoms with van der Waals surface area (Å²) in [6.45, 7) is 6.39. The van der Waals surface area contributed by atoms with Gasteiger partial charge in [0.1, 0.15) is 0 Å². The molecule has 6 heteroatoms. The zero-order valence-electron chi connectivity index (χ0n) is 11.0. The molecule has 0 saturated heterocycles. The number of unbranched alkanes of at least 4 members (excludes halogenated alkanes) is 3. The Hall–Kier alpha value is -0.380. The van der Waals surface area contributed by atoms with Crippen LogP contribution in [0, 0.1) is 0 Å². The molecule has 0 spiro atoms. The number of carbonyl (C=O) groups excluding carboxylic acids is 1. The molecule has 0 radical (unpaired) electrons. The van der Waals surface area contributed by atoms with Gasteiger partial charge in [-0.2, -0.15) is 0 Å². The van der Waals surface area contributed by atoms with E-state index in [1.807, 2.05) is 0 Å². The maximum atomic E-state index is 12.0. The average Bonchev–Trinajstić information content (AvgIpc) is 2.29. The van der Waals surface area contributed by atoms with Crippen LogP contribution in [0.2, 0.25) is 0 Å². The Morgan fingerprint density at radius 2 is 1.65 bits per heavy atom. The number of rotatable bonds is 10. The van der Waals surface area contributed by atoms with Gasteiger partial charge >= 0.3 is 13.2 Å². The van der Waals surface area contributed by atoms with E-state index in [1.165, 1.54) is 0 Å². The van der Waals surface area contributed by atoms with Crippen LogP contribution in [0.4, 0.5) is 4.79 Å². The van der Waals surface area contributed by atoms with Crippen molar-refractivity contribution < 1.29 is 18.4 Å². The topological polar surface area (TPSA) is 64.6 Å². The van der Waals surface area contributed by atoms with E-state index in [9.17, 15) is 9.36 Å². The Balaban J connectivity index is 4.02. The van der Waals surface area contributed by atoms with Crippen LogP contribution < -0.4 is 5.32 Å². The van der Waals surface area contributed by atoms with Gasteiger partial charge in [-0.05, 0) is 20.3 Å². The summed E-state index contributed by atoms with van der Waals surface area (Å²) in [4.78, 5) is 11.7. The summed E-state index contributed by atoms with van der Waals surface area (Å²) in [7, 11) is -3.62. The normalized spacial score (nSPS) is 11.5. The lowest BCUT2D eigenvalue weighted by Crippen LogP contribution is -2.24. The molecule has 1 amide bonds. The van der Waals surface area contributed by atoms with Gasteiger partial charge in [0.25, 0.3) is 0 Å². The average molecular weight is 265 g/mol. The first-order valence-electron chi connectivity index (χ1n) is 6.28. The number of hydrogen-bond donors (Lipinski definition) is 1. The van der Waals surface area contributed by atoms with Gasteiger partial charge in [0.15, 0.2) is 0 Å². The minimum atomic E-state index is -3.62. The first kappa shape index (κ1) is 16.6. The first-order valence-corrected chi connectivity index (χ1v) is 7.82. The highest BCUT2D eigenvalue weighted by molar-refractivity contribution is 7.71. The van der Waals surface area contributed by atoms with Crippen molar-refractivity contribution in [2.75, 3.05) is 19.8 Å². The van der Waals surface area contributed by atoms with Gasteiger partial charge < -0.3 is 14.4 Å². The molecular weight excluding hydrogens is 241 g/mol. The van der Waals surface area contributed by atoms with Crippen LogP contribution in [0.1, 0.15) is 46.5 Å². The van der Waals surface area contributed by atoms with E-state index in [1.54, 1.807) is 13.8 Å². The van der Waals surface area contributed by atoms with E-state index in [0.29, 0.717) is 6.54 Å². The molecule has 1 N–H and O–H groups in total. The molecule has 5 nitrogen and oxygen atoms in total. The van der Waals surface area contributed by atoms with Crippen LogP contribution in [0.15, 0.2) is 0 Å². The Bertz CT molecular complexity index is 248. The van der Waals surface area contributed by atoms with E-state index in [2.05, 4.69) is 12.2 Å². The molecule has 0 aromatic heterocycles. The summed E-state index contributed by atoms with van der Waals surface area (Å²) in [5.74, 6) is 0. The third-order valence-electron chi connectivity index (χ3n) is 2.15. The lowest BCUT2D eigenvalue weighted by molar-refractivity contribution is 0.207. The highest BCUT2D eigenvalue weighted by Gasteiger charge is 2.33. The monoisotopic (exact) mass is 265 g/mol. The van der Waals surface area contributed by atoms with Crippen LogP contribution in [0.25, 0.3) is 0 Å². The maximum absolute atomic E-state index is 12.0.